The van der Waals surface area contributed by atoms with E-state index in [4.69, 9.17) is 20.9 Å². The predicted octanol–water partition coefficient (Wildman–Crippen LogP) is 3.11. The number of amides is 1. The summed E-state index contributed by atoms with van der Waals surface area (Å²) in [7, 11) is -2.51. The number of benzene rings is 2. The lowest BCUT2D eigenvalue weighted by Gasteiger charge is -2.18. The minimum Gasteiger partial charge on any atom is -0.496 e. The third-order valence-corrected chi connectivity index (χ3v) is 6.70. The van der Waals surface area contributed by atoms with E-state index in [1.54, 1.807) is 29.2 Å². The van der Waals surface area contributed by atoms with Crippen molar-refractivity contribution in [1.29, 1.82) is 0 Å². The van der Waals surface area contributed by atoms with E-state index in [2.05, 4.69) is 14.9 Å². The molecule has 1 saturated heterocycles. The summed E-state index contributed by atoms with van der Waals surface area (Å²) in [6.45, 7) is 1.07. The lowest BCUT2D eigenvalue weighted by atomic mass is 10.1. The van der Waals surface area contributed by atoms with E-state index in [-0.39, 0.29) is 28.8 Å². The van der Waals surface area contributed by atoms with Gasteiger partial charge in [0.25, 0.3) is 5.91 Å². The van der Waals surface area contributed by atoms with E-state index in [1.807, 2.05) is 0 Å². The fraction of sp³-hybridized carbons (Fsp3) is 0.286. The molecule has 1 aromatic heterocycles. The van der Waals surface area contributed by atoms with Gasteiger partial charge in [0.15, 0.2) is 0 Å². The van der Waals surface area contributed by atoms with Crippen molar-refractivity contribution < 1.29 is 22.5 Å². The quantitative estimate of drug-likeness (QED) is 0.557. The zero-order chi connectivity index (χ0) is 22.7. The maximum absolute atomic E-state index is 12.8. The van der Waals surface area contributed by atoms with Crippen LogP contribution in [0.25, 0.3) is 11.4 Å². The highest BCUT2D eigenvalue weighted by Gasteiger charge is 2.25. The minimum absolute atomic E-state index is 0.0598. The van der Waals surface area contributed by atoms with Crippen LogP contribution >= 0.6 is 11.6 Å². The van der Waals surface area contributed by atoms with Crippen LogP contribution < -0.4 is 9.46 Å². The Morgan fingerprint density at radius 1 is 1.22 bits per heavy atom. The van der Waals surface area contributed by atoms with Crippen molar-refractivity contribution in [2.75, 3.05) is 20.2 Å². The van der Waals surface area contributed by atoms with Crippen LogP contribution in [0.1, 0.15) is 29.1 Å². The number of hydrogen-bond donors (Lipinski definition) is 1. The van der Waals surface area contributed by atoms with Crippen molar-refractivity contribution in [2.24, 2.45) is 0 Å². The zero-order valence-corrected chi connectivity index (χ0v) is 18.8. The van der Waals surface area contributed by atoms with E-state index >= 15 is 0 Å². The molecule has 0 spiro atoms. The summed E-state index contributed by atoms with van der Waals surface area (Å²) >= 11 is 5.97. The summed E-state index contributed by atoms with van der Waals surface area (Å²) in [5.74, 6) is 0.457. The van der Waals surface area contributed by atoms with Gasteiger partial charge < -0.3 is 14.2 Å². The molecule has 1 amide bonds. The largest absolute Gasteiger partial charge is 0.496 e. The van der Waals surface area contributed by atoms with Gasteiger partial charge >= 0.3 is 0 Å². The van der Waals surface area contributed by atoms with Gasteiger partial charge in [-0.2, -0.15) is 4.98 Å². The molecule has 1 aliphatic rings. The molecule has 1 N–H and O–H groups in total. The van der Waals surface area contributed by atoms with Crippen LogP contribution in [0.3, 0.4) is 0 Å². The average Bonchev–Trinajstić information content (AvgIpc) is 3.49. The van der Waals surface area contributed by atoms with Crippen LogP contribution in [0.15, 0.2) is 51.9 Å². The molecular formula is C21H21ClN4O5S. The molecule has 0 saturated carbocycles. The Morgan fingerprint density at radius 2 is 2.00 bits per heavy atom. The van der Waals surface area contributed by atoms with Gasteiger partial charge in [0.05, 0.1) is 24.1 Å². The van der Waals surface area contributed by atoms with Gasteiger partial charge in [0.1, 0.15) is 5.75 Å². The Morgan fingerprint density at radius 3 is 2.72 bits per heavy atom. The molecule has 0 atom stereocenters. The summed E-state index contributed by atoms with van der Waals surface area (Å²) in [5, 5.41) is 4.38. The first-order valence-corrected chi connectivity index (χ1v) is 11.8. The van der Waals surface area contributed by atoms with Crippen LogP contribution in [-0.2, 0) is 16.6 Å². The number of rotatable bonds is 7. The van der Waals surface area contributed by atoms with Crippen molar-refractivity contribution in [3.63, 3.8) is 0 Å². The highest BCUT2D eigenvalue weighted by molar-refractivity contribution is 7.89. The summed E-state index contributed by atoms with van der Waals surface area (Å²) in [6.07, 6.45) is 1.85. The summed E-state index contributed by atoms with van der Waals surface area (Å²) in [4.78, 5) is 18.7. The first-order valence-electron chi connectivity index (χ1n) is 9.93. The Labute approximate surface area is 190 Å². The smallest absolute Gasteiger partial charge is 0.257 e. The molecule has 168 valence electrons. The Hall–Kier alpha value is -2.95. The average molecular weight is 477 g/mol. The number of ether oxygens (including phenoxy) is 1. The number of hydrogen-bond acceptors (Lipinski definition) is 7. The highest BCUT2D eigenvalue weighted by atomic mass is 35.5. The maximum Gasteiger partial charge on any atom is 0.257 e. The first kappa shape index (κ1) is 22.3. The highest BCUT2D eigenvalue weighted by Crippen LogP contribution is 2.26. The number of aromatic nitrogens is 2. The van der Waals surface area contributed by atoms with Crippen LogP contribution in [-0.4, -0.2) is 49.6 Å². The van der Waals surface area contributed by atoms with E-state index in [0.717, 1.165) is 12.8 Å². The molecule has 1 aliphatic heterocycles. The zero-order valence-electron chi connectivity index (χ0n) is 17.2. The first-order chi connectivity index (χ1) is 15.4. The number of nitrogens with one attached hydrogen (secondary N) is 1. The third-order valence-electron chi connectivity index (χ3n) is 5.07. The minimum atomic E-state index is -3.95. The Bertz CT molecular complexity index is 1240. The topological polar surface area (TPSA) is 115 Å². The number of methoxy groups -OCH3 is 1. The molecular weight excluding hydrogens is 456 g/mol. The van der Waals surface area contributed by atoms with Crippen molar-refractivity contribution in [3.05, 3.63) is 58.9 Å². The summed E-state index contributed by atoms with van der Waals surface area (Å²) in [6, 6.07) is 11.1. The van der Waals surface area contributed by atoms with Crippen LogP contribution in [0.2, 0.25) is 5.02 Å². The lowest BCUT2D eigenvalue weighted by molar-refractivity contribution is 0.0789. The fourth-order valence-corrected chi connectivity index (χ4v) is 4.61. The predicted molar refractivity (Wildman–Crippen MR) is 117 cm³/mol. The van der Waals surface area contributed by atoms with Crippen LogP contribution in [0, 0.1) is 0 Å². The number of carbonyl (C=O) groups is 1. The number of halogens is 1. The molecule has 0 bridgehead atoms. The second-order valence-electron chi connectivity index (χ2n) is 7.21. The number of nitrogens with zero attached hydrogens (tertiary/aromatic N) is 3. The van der Waals surface area contributed by atoms with Gasteiger partial charge in [-0.1, -0.05) is 28.9 Å². The van der Waals surface area contributed by atoms with Crippen LogP contribution in [0.4, 0.5) is 0 Å². The number of likely N-dealkylation sites (tertiary alicyclic amines) is 1. The summed E-state index contributed by atoms with van der Waals surface area (Å²) in [5.41, 5.74) is 0.855. The number of sulfonamides is 1. The van der Waals surface area contributed by atoms with E-state index < -0.39 is 10.0 Å². The molecule has 11 heteroatoms. The third kappa shape index (κ3) is 4.77. The Balaban J connectivity index is 1.51. The molecule has 3 aromatic rings. The molecule has 2 aromatic carbocycles. The van der Waals surface area contributed by atoms with Gasteiger partial charge in [-0.3, -0.25) is 4.79 Å². The van der Waals surface area contributed by atoms with E-state index in [9.17, 15) is 13.2 Å². The Kier molecular flexibility index (Phi) is 6.45. The van der Waals surface area contributed by atoms with Crippen molar-refractivity contribution in [2.45, 2.75) is 24.3 Å². The van der Waals surface area contributed by atoms with Crippen molar-refractivity contribution in [1.82, 2.24) is 19.8 Å². The van der Waals surface area contributed by atoms with Crippen molar-refractivity contribution >= 4 is 27.5 Å². The van der Waals surface area contributed by atoms with Gasteiger partial charge in [-0.15, -0.1) is 0 Å². The van der Waals surface area contributed by atoms with Gasteiger partial charge in [0.2, 0.25) is 21.7 Å². The fourth-order valence-electron chi connectivity index (χ4n) is 3.42. The second-order valence-corrected chi connectivity index (χ2v) is 9.41. The van der Waals surface area contributed by atoms with Gasteiger partial charge in [-0.25, -0.2) is 13.1 Å². The SMILES string of the molecule is COc1ccc(S(=O)(=O)NCc2nc(-c3cccc(Cl)c3)no2)cc1C(=O)N1CCCC1. The second kappa shape index (κ2) is 9.27. The number of carbonyl (C=O) groups excluding carboxylic acids is 1. The normalized spacial score (nSPS) is 14.0. The molecule has 0 aliphatic carbocycles. The molecule has 0 unspecified atom stereocenters. The van der Waals surface area contributed by atoms with Crippen molar-refractivity contribution in [3.8, 4) is 17.1 Å². The van der Waals surface area contributed by atoms with E-state index in [1.165, 1.54) is 25.3 Å². The summed E-state index contributed by atoms with van der Waals surface area (Å²) < 4.78 is 38.5. The molecule has 9 nitrogen and oxygen atoms in total. The molecule has 32 heavy (non-hydrogen) atoms. The maximum atomic E-state index is 12.8. The molecule has 1 fully saturated rings. The van der Waals surface area contributed by atoms with Crippen LogP contribution in [0.5, 0.6) is 5.75 Å². The molecule has 4 rings (SSSR count). The molecule has 0 radical (unpaired) electrons. The monoisotopic (exact) mass is 476 g/mol. The lowest BCUT2D eigenvalue weighted by Crippen LogP contribution is -2.29. The van der Waals surface area contributed by atoms with Gasteiger partial charge in [-0.05, 0) is 43.2 Å². The van der Waals surface area contributed by atoms with Gasteiger partial charge in [0, 0.05) is 23.7 Å². The van der Waals surface area contributed by atoms with E-state index in [0.29, 0.717) is 35.2 Å². The molecule has 2 heterocycles. The standard InChI is InChI=1S/C21H21ClN4O5S/c1-30-18-8-7-16(12-17(18)21(27)26-9-2-3-10-26)32(28,29)23-13-19-24-20(25-31-19)14-5-4-6-15(22)11-14/h4-8,11-12,23H,2-3,9-10,13H2,1H3.